The third-order valence-electron chi connectivity index (χ3n) is 7.51. The molecule has 0 unspecified atom stereocenters. The van der Waals surface area contributed by atoms with Gasteiger partial charge in [-0.3, -0.25) is 0 Å². The van der Waals surface area contributed by atoms with E-state index in [-0.39, 0.29) is 22.1 Å². The lowest BCUT2D eigenvalue weighted by molar-refractivity contribution is 0.0697. The van der Waals surface area contributed by atoms with Gasteiger partial charge in [-0.2, -0.15) is 15.0 Å². The number of hydrogen-bond acceptors (Lipinski definition) is 7. The number of aromatic carboxylic acids is 1. The highest BCUT2D eigenvalue weighted by Crippen LogP contribution is 2.31. The molecule has 1 heterocycles. The zero-order valence-electron chi connectivity index (χ0n) is 23.0. The molecule has 194 valence electrons. The lowest BCUT2D eigenvalue weighted by atomic mass is 9.84. The number of hydrogen-bond donors (Lipinski definition) is 4. The number of rotatable bonds is 13. The lowest BCUT2D eigenvalue weighted by Gasteiger charge is -2.30. The van der Waals surface area contributed by atoms with E-state index in [2.05, 4.69) is 83.2 Å². The summed E-state index contributed by atoms with van der Waals surface area (Å²) in [5, 5.41) is 19.9. The van der Waals surface area contributed by atoms with E-state index in [1.807, 2.05) is 6.07 Å². The van der Waals surface area contributed by atoms with Gasteiger partial charge < -0.3 is 21.1 Å². The molecule has 0 spiro atoms. The molecule has 0 saturated carbocycles. The smallest absolute Gasteiger partial charge is 0.335 e. The van der Waals surface area contributed by atoms with E-state index in [1.54, 1.807) is 12.1 Å². The second-order valence-electron chi connectivity index (χ2n) is 10.6. The first-order valence-corrected chi connectivity index (χ1v) is 12.8. The van der Waals surface area contributed by atoms with E-state index < -0.39 is 5.97 Å². The number of carboxylic acids is 1. The predicted octanol–water partition coefficient (Wildman–Crippen LogP) is 6.98. The summed E-state index contributed by atoms with van der Waals surface area (Å²) in [6.07, 6.45) is 4.50. The van der Waals surface area contributed by atoms with Crippen LogP contribution in [0.1, 0.15) is 111 Å². The summed E-state index contributed by atoms with van der Waals surface area (Å²) in [7, 11) is 0. The van der Waals surface area contributed by atoms with Crippen molar-refractivity contribution in [1.29, 1.82) is 0 Å². The molecular formula is C27H44N6O2. The number of carbonyl (C=O) groups is 1. The highest BCUT2D eigenvalue weighted by atomic mass is 16.4. The molecule has 8 nitrogen and oxygen atoms in total. The summed E-state index contributed by atoms with van der Waals surface area (Å²) in [5.74, 6) is 0.625. The molecule has 1 aromatic heterocycles. The highest BCUT2D eigenvalue weighted by Gasteiger charge is 2.28. The average Bonchev–Trinajstić information content (AvgIpc) is 2.82. The fraction of sp³-hybridized carbons (Fsp3) is 0.630. The lowest BCUT2D eigenvalue weighted by Crippen LogP contribution is -2.33. The van der Waals surface area contributed by atoms with E-state index in [4.69, 9.17) is 9.97 Å². The molecule has 35 heavy (non-hydrogen) atoms. The minimum atomic E-state index is -0.987. The van der Waals surface area contributed by atoms with Crippen molar-refractivity contribution in [3.8, 4) is 0 Å². The number of carboxylic acid groups (broad SMARTS) is 1. The Morgan fingerprint density at radius 3 is 1.86 bits per heavy atom. The minimum absolute atomic E-state index is 0.137. The third-order valence-corrected chi connectivity index (χ3v) is 7.51. The first kappa shape index (κ1) is 28.3. The summed E-state index contributed by atoms with van der Waals surface area (Å²) in [6, 6.07) is 5.17. The monoisotopic (exact) mass is 484 g/mol. The zero-order valence-corrected chi connectivity index (χ0v) is 23.0. The van der Waals surface area contributed by atoms with Gasteiger partial charge in [-0.1, -0.05) is 41.5 Å². The summed E-state index contributed by atoms with van der Waals surface area (Å²) < 4.78 is 0. The van der Waals surface area contributed by atoms with Crippen molar-refractivity contribution in [3.63, 3.8) is 0 Å². The number of anilines is 4. The Bertz CT molecular complexity index is 1010. The topological polar surface area (TPSA) is 112 Å². The van der Waals surface area contributed by atoms with E-state index in [0.717, 1.165) is 37.8 Å². The summed E-state index contributed by atoms with van der Waals surface area (Å²) in [4.78, 5) is 26.0. The van der Waals surface area contributed by atoms with Crippen molar-refractivity contribution in [1.82, 2.24) is 15.0 Å². The van der Waals surface area contributed by atoms with E-state index in [0.29, 0.717) is 23.4 Å². The van der Waals surface area contributed by atoms with Gasteiger partial charge >= 0.3 is 5.97 Å². The SMILES string of the molecule is CCC(C)(C)Nc1nc(Nc2cc(NC(C)(CC)CC)cc(C(=O)O)c2)nc(C(C)(CC)CC)n1. The first-order chi connectivity index (χ1) is 16.3. The van der Waals surface area contributed by atoms with Crippen molar-refractivity contribution < 1.29 is 9.90 Å². The predicted molar refractivity (Wildman–Crippen MR) is 145 cm³/mol. The number of aromatic nitrogens is 3. The molecule has 0 aliphatic heterocycles. The molecular weight excluding hydrogens is 440 g/mol. The van der Waals surface area contributed by atoms with Gasteiger partial charge in [-0.05, 0) is 71.1 Å². The highest BCUT2D eigenvalue weighted by molar-refractivity contribution is 5.90. The molecule has 0 fully saturated rings. The molecule has 0 radical (unpaired) electrons. The van der Waals surface area contributed by atoms with Gasteiger partial charge in [0.2, 0.25) is 11.9 Å². The van der Waals surface area contributed by atoms with Crippen molar-refractivity contribution in [2.75, 3.05) is 16.0 Å². The number of benzene rings is 1. The molecule has 2 rings (SSSR count). The average molecular weight is 485 g/mol. The van der Waals surface area contributed by atoms with E-state index in [1.165, 1.54) is 0 Å². The maximum absolute atomic E-state index is 11.9. The van der Waals surface area contributed by atoms with Crippen LogP contribution in [0, 0.1) is 0 Å². The Hall–Kier alpha value is -2.90. The Kier molecular flexibility index (Phi) is 9.09. The Morgan fingerprint density at radius 2 is 1.34 bits per heavy atom. The number of nitrogens with one attached hydrogen (secondary N) is 3. The molecule has 0 bridgehead atoms. The van der Waals surface area contributed by atoms with Crippen LogP contribution in [0.5, 0.6) is 0 Å². The molecule has 0 saturated heterocycles. The molecule has 0 aliphatic rings. The van der Waals surface area contributed by atoms with Crippen LogP contribution in [0.2, 0.25) is 0 Å². The van der Waals surface area contributed by atoms with Crippen LogP contribution in [0.4, 0.5) is 23.3 Å². The third kappa shape index (κ3) is 7.29. The quantitative estimate of drug-likeness (QED) is 0.241. The van der Waals surface area contributed by atoms with Crippen LogP contribution < -0.4 is 16.0 Å². The van der Waals surface area contributed by atoms with Crippen LogP contribution >= 0.6 is 0 Å². The van der Waals surface area contributed by atoms with Crippen LogP contribution in [0.3, 0.4) is 0 Å². The van der Waals surface area contributed by atoms with Gasteiger partial charge in [0.05, 0.1) is 5.56 Å². The van der Waals surface area contributed by atoms with Crippen LogP contribution in [0.15, 0.2) is 18.2 Å². The van der Waals surface area contributed by atoms with Crippen LogP contribution in [0.25, 0.3) is 0 Å². The molecule has 2 aromatic rings. The maximum Gasteiger partial charge on any atom is 0.335 e. The standard InChI is InChI=1S/C27H44N6O2/c1-10-25(6,7)33-24-30-22(26(8,11-2)12-3)29-23(31-24)28-19-15-18(21(34)35)16-20(17-19)32-27(9,13-4)14-5/h15-17,32H,10-14H2,1-9H3,(H,34,35)(H2,28,29,30,31,33). The van der Waals surface area contributed by atoms with E-state index >= 15 is 0 Å². The first-order valence-electron chi connectivity index (χ1n) is 12.8. The van der Waals surface area contributed by atoms with Gasteiger partial charge in [0, 0.05) is 27.9 Å². The Balaban J connectivity index is 2.56. The Labute approximate surface area is 210 Å². The second kappa shape index (κ2) is 11.2. The normalized spacial score (nSPS) is 12.4. The molecule has 0 amide bonds. The summed E-state index contributed by atoms with van der Waals surface area (Å²) in [5.41, 5.74) is 1.02. The Morgan fingerprint density at radius 1 is 0.771 bits per heavy atom. The van der Waals surface area contributed by atoms with Crippen molar-refractivity contribution >= 4 is 29.2 Å². The van der Waals surface area contributed by atoms with Crippen molar-refractivity contribution in [3.05, 3.63) is 29.6 Å². The van der Waals surface area contributed by atoms with Gasteiger partial charge in [0.25, 0.3) is 0 Å². The molecule has 8 heteroatoms. The van der Waals surface area contributed by atoms with Crippen LogP contribution in [-0.2, 0) is 5.41 Å². The summed E-state index contributed by atoms with van der Waals surface area (Å²) in [6.45, 7) is 19.1. The number of nitrogens with zero attached hydrogens (tertiary/aromatic N) is 3. The molecule has 1 aromatic carbocycles. The largest absolute Gasteiger partial charge is 0.478 e. The van der Waals surface area contributed by atoms with Crippen molar-refractivity contribution in [2.45, 2.75) is 111 Å². The molecule has 4 N–H and O–H groups in total. The van der Waals surface area contributed by atoms with Gasteiger partial charge in [-0.25, -0.2) is 4.79 Å². The second-order valence-corrected chi connectivity index (χ2v) is 10.6. The maximum atomic E-state index is 11.9. The van der Waals surface area contributed by atoms with Gasteiger partial charge in [0.1, 0.15) is 5.82 Å². The fourth-order valence-corrected chi connectivity index (χ4v) is 3.51. The van der Waals surface area contributed by atoms with Gasteiger partial charge in [0.15, 0.2) is 0 Å². The van der Waals surface area contributed by atoms with E-state index in [9.17, 15) is 9.90 Å². The zero-order chi connectivity index (χ0) is 26.4. The molecule has 0 aliphatic carbocycles. The van der Waals surface area contributed by atoms with Crippen molar-refractivity contribution in [2.24, 2.45) is 0 Å². The molecule has 0 atom stereocenters. The summed E-state index contributed by atoms with van der Waals surface area (Å²) >= 11 is 0. The van der Waals surface area contributed by atoms with Gasteiger partial charge in [-0.15, -0.1) is 0 Å². The fourth-order valence-electron chi connectivity index (χ4n) is 3.51. The van der Waals surface area contributed by atoms with Crippen LogP contribution in [-0.4, -0.2) is 37.1 Å². The minimum Gasteiger partial charge on any atom is -0.478 e.